The standard InChI is InChI=1S/C14H12BrN3O3/c1-8-10(3-2-4-12(8)16)14(19)17-9-5-6-13(18(20)21)11(15)7-9/h2-7H,16H2,1H3,(H,17,19). The predicted molar refractivity (Wildman–Crippen MR) is 84.3 cm³/mol. The van der Waals surface area contributed by atoms with Gasteiger partial charge in [-0.25, -0.2) is 0 Å². The Morgan fingerprint density at radius 2 is 2.05 bits per heavy atom. The topological polar surface area (TPSA) is 98.3 Å². The number of nitrogens with one attached hydrogen (secondary N) is 1. The summed E-state index contributed by atoms with van der Waals surface area (Å²) in [6.07, 6.45) is 0. The normalized spacial score (nSPS) is 10.2. The second kappa shape index (κ2) is 5.92. The van der Waals surface area contributed by atoms with Crippen LogP contribution in [0.3, 0.4) is 0 Å². The van der Waals surface area contributed by atoms with E-state index in [0.29, 0.717) is 27.0 Å². The van der Waals surface area contributed by atoms with Gasteiger partial charge in [-0.05, 0) is 52.7 Å². The number of halogens is 1. The number of nitrogens with two attached hydrogens (primary N) is 1. The molecule has 21 heavy (non-hydrogen) atoms. The number of nitrogen functional groups attached to an aromatic ring is 1. The Kier molecular flexibility index (Phi) is 4.23. The molecule has 0 bridgehead atoms. The molecule has 7 heteroatoms. The van der Waals surface area contributed by atoms with Crippen LogP contribution < -0.4 is 11.1 Å². The molecule has 6 nitrogen and oxygen atoms in total. The molecule has 2 rings (SSSR count). The van der Waals surface area contributed by atoms with Crippen LogP contribution in [0.4, 0.5) is 17.1 Å². The molecule has 0 aliphatic rings. The van der Waals surface area contributed by atoms with Crippen LogP contribution in [0.2, 0.25) is 0 Å². The first-order chi connectivity index (χ1) is 9.90. The maximum Gasteiger partial charge on any atom is 0.283 e. The van der Waals surface area contributed by atoms with Gasteiger partial charge in [0.2, 0.25) is 0 Å². The van der Waals surface area contributed by atoms with E-state index < -0.39 is 4.92 Å². The molecular weight excluding hydrogens is 338 g/mol. The molecule has 0 aliphatic heterocycles. The van der Waals surface area contributed by atoms with Crippen molar-refractivity contribution in [2.24, 2.45) is 0 Å². The first kappa shape index (κ1) is 15.0. The molecule has 0 aromatic heterocycles. The zero-order valence-electron chi connectivity index (χ0n) is 11.1. The third kappa shape index (κ3) is 3.19. The molecule has 0 fully saturated rings. The van der Waals surface area contributed by atoms with Crippen molar-refractivity contribution in [3.63, 3.8) is 0 Å². The third-order valence-electron chi connectivity index (χ3n) is 3.02. The van der Waals surface area contributed by atoms with E-state index in [0.717, 1.165) is 0 Å². The van der Waals surface area contributed by atoms with Gasteiger partial charge >= 0.3 is 0 Å². The van der Waals surface area contributed by atoms with Crippen molar-refractivity contribution >= 4 is 38.9 Å². The molecule has 3 N–H and O–H groups in total. The Morgan fingerprint density at radius 1 is 1.33 bits per heavy atom. The number of nitro benzene ring substituents is 1. The van der Waals surface area contributed by atoms with Crippen molar-refractivity contribution in [2.75, 3.05) is 11.1 Å². The van der Waals surface area contributed by atoms with Crippen LogP contribution in [0.25, 0.3) is 0 Å². The van der Waals surface area contributed by atoms with Gasteiger partial charge < -0.3 is 11.1 Å². The fourth-order valence-corrected chi connectivity index (χ4v) is 2.35. The molecule has 2 aromatic carbocycles. The molecule has 0 radical (unpaired) electrons. The van der Waals surface area contributed by atoms with Crippen molar-refractivity contribution in [3.8, 4) is 0 Å². The first-order valence-corrected chi connectivity index (χ1v) is 6.80. The second-order valence-electron chi connectivity index (χ2n) is 4.40. The van der Waals surface area contributed by atoms with E-state index in [1.165, 1.54) is 18.2 Å². The highest BCUT2D eigenvalue weighted by atomic mass is 79.9. The summed E-state index contributed by atoms with van der Waals surface area (Å²) in [5, 5.41) is 13.4. The number of carbonyl (C=O) groups excluding carboxylic acids is 1. The highest BCUT2D eigenvalue weighted by Gasteiger charge is 2.14. The van der Waals surface area contributed by atoms with Crippen molar-refractivity contribution < 1.29 is 9.72 Å². The Balaban J connectivity index is 2.26. The highest BCUT2D eigenvalue weighted by Crippen LogP contribution is 2.28. The van der Waals surface area contributed by atoms with Crippen LogP contribution in [0.15, 0.2) is 40.9 Å². The van der Waals surface area contributed by atoms with Crippen molar-refractivity contribution in [2.45, 2.75) is 6.92 Å². The molecular formula is C14H12BrN3O3. The largest absolute Gasteiger partial charge is 0.398 e. The van der Waals surface area contributed by atoms with Gasteiger partial charge in [-0.1, -0.05) is 6.07 Å². The molecule has 2 aromatic rings. The molecule has 0 atom stereocenters. The Bertz CT molecular complexity index is 731. The summed E-state index contributed by atoms with van der Waals surface area (Å²) in [4.78, 5) is 22.4. The fraction of sp³-hybridized carbons (Fsp3) is 0.0714. The van der Waals surface area contributed by atoms with Crippen molar-refractivity contribution in [1.82, 2.24) is 0 Å². The molecule has 0 unspecified atom stereocenters. The smallest absolute Gasteiger partial charge is 0.283 e. The molecule has 0 heterocycles. The van der Waals surface area contributed by atoms with Crippen LogP contribution >= 0.6 is 15.9 Å². The molecule has 0 spiro atoms. The average Bonchev–Trinajstić information content (AvgIpc) is 2.41. The van der Waals surface area contributed by atoms with Gasteiger partial charge in [0.15, 0.2) is 0 Å². The van der Waals surface area contributed by atoms with Gasteiger partial charge in [0, 0.05) is 23.0 Å². The van der Waals surface area contributed by atoms with Gasteiger partial charge in [0.25, 0.3) is 11.6 Å². The third-order valence-corrected chi connectivity index (χ3v) is 3.66. The van der Waals surface area contributed by atoms with Crippen LogP contribution in [0.1, 0.15) is 15.9 Å². The summed E-state index contributed by atoms with van der Waals surface area (Å²) in [5.41, 5.74) is 7.85. The number of benzene rings is 2. The Labute approximate surface area is 129 Å². The van der Waals surface area contributed by atoms with Gasteiger partial charge in [-0.3, -0.25) is 14.9 Å². The lowest BCUT2D eigenvalue weighted by molar-refractivity contribution is -0.385. The summed E-state index contributed by atoms with van der Waals surface area (Å²) in [6.45, 7) is 1.76. The molecule has 108 valence electrons. The van der Waals surface area contributed by atoms with E-state index in [1.807, 2.05) is 0 Å². The fourth-order valence-electron chi connectivity index (χ4n) is 1.83. The van der Waals surface area contributed by atoms with E-state index in [-0.39, 0.29) is 11.6 Å². The van der Waals surface area contributed by atoms with Crippen LogP contribution in [0.5, 0.6) is 0 Å². The van der Waals surface area contributed by atoms with E-state index in [1.54, 1.807) is 25.1 Å². The van der Waals surface area contributed by atoms with Crippen molar-refractivity contribution in [1.29, 1.82) is 0 Å². The predicted octanol–water partition coefficient (Wildman–Crippen LogP) is 3.50. The molecule has 1 amide bonds. The highest BCUT2D eigenvalue weighted by molar-refractivity contribution is 9.10. The van der Waals surface area contributed by atoms with E-state index in [2.05, 4.69) is 21.2 Å². The van der Waals surface area contributed by atoms with Crippen LogP contribution in [0, 0.1) is 17.0 Å². The summed E-state index contributed by atoms with van der Waals surface area (Å²) in [7, 11) is 0. The van der Waals surface area contributed by atoms with Crippen molar-refractivity contribution in [3.05, 3.63) is 62.1 Å². The van der Waals surface area contributed by atoms with Crippen LogP contribution in [-0.4, -0.2) is 10.8 Å². The maximum atomic E-state index is 12.2. The number of carbonyl (C=O) groups is 1. The minimum absolute atomic E-state index is 0.0619. The lowest BCUT2D eigenvalue weighted by atomic mass is 10.1. The number of amides is 1. The number of rotatable bonds is 3. The first-order valence-electron chi connectivity index (χ1n) is 6.00. The molecule has 0 saturated carbocycles. The van der Waals surface area contributed by atoms with E-state index in [4.69, 9.17) is 5.73 Å². The summed E-state index contributed by atoms with van der Waals surface area (Å²) < 4.78 is 0.301. The average molecular weight is 350 g/mol. The molecule has 0 saturated heterocycles. The lowest BCUT2D eigenvalue weighted by Gasteiger charge is -2.09. The number of anilines is 2. The number of nitrogens with zero attached hydrogens (tertiary/aromatic N) is 1. The summed E-state index contributed by atoms with van der Waals surface area (Å²) >= 11 is 3.11. The summed E-state index contributed by atoms with van der Waals surface area (Å²) in [6, 6.07) is 9.37. The zero-order valence-corrected chi connectivity index (χ0v) is 12.7. The van der Waals surface area contributed by atoms with E-state index in [9.17, 15) is 14.9 Å². The van der Waals surface area contributed by atoms with Gasteiger partial charge in [0.05, 0.1) is 9.40 Å². The minimum atomic E-state index is -0.502. The quantitative estimate of drug-likeness (QED) is 0.503. The number of hydrogen-bond acceptors (Lipinski definition) is 4. The van der Waals surface area contributed by atoms with Gasteiger partial charge in [0.1, 0.15) is 0 Å². The monoisotopic (exact) mass is 349 g/mol. The zero-order chi connectivity index (χ0) is 15.6. The second-order valence-corrected chi connectivity index (χ2v) is 5.25. The van der Waals surface area contributed by atoms with E-state index >= 15 is 0 Å². The Hall–Kier alpha value is -2.41. The lowest BCUT2D eigenvalue weighted by Crippen LogP contribution is -2.14. The van der Waals surface area contributed by atoms with Gasteiger partial charge in [-0.2, -0.15) is 0 Å². The minimum Gasteiger partial charge on any atom is -0.398 e. The van der Waals surface area contributed by atoms with Gasteiger partial charge in [-0.15, -0.1) is 0 Å². The molecule has 0 aliphatic carbocycles. The number of hydrogen-bond donors (Lipinski definition) is 2. The van der Waals surface area contributed by atoms with Crippen LogP contribution in [-0.2, 0) is 0 Å². The SMILES string of the molecule is Cc1c(N)cccc1C(=O)Nc1ccc([N+](=O)[O-])c(Br)c1. The maximum absolute atomic E-state index is 12.2. The summed E-state index contributed by atoms with van der Waals surface area (Å²) in [5.74, 6) is -0.319. The number of nitro groups is 1. The Morgan fingerprint density at radius 3 is 2.67 bits per heavy atom.